The molecule has 0 bridgehead atoms. The van der Waals surface area contributed by atoms with E-state index in [-0.39, 0.29) is 18.1 Å². The van der Waals surface area contributed by atoms with Gasteiger partial charge in [-0.25, -0.2) is 21.8 Å². The van der Waals surface area contributed by atoms with Crippen LogP contribution in [0.3, 0.4) is 0 Å². The van der Waals surface area contributed by atoms with Crippen molar-refractivity contribution in [3.8, 4) is 0 Å². The van der Waals surface area contributed by atoms with E-state index in [4.69, 9.17) is 0 Å². The van der Waals surface area contributed by atoms with Crippen molar-refractivity contribution in [2.75, 3.05) is 13.1 Å². The number of nitrogens with one attached hydrogen (secondary N) is 1. The molecule has 1 aliphatic heterocycles. The van der Waals surface area contributed by atoms with Gasteiger partial charge in [0.15, 0.2) is 14.9 Å². The minimum absolute atomic E-state index is 0.000949. The van der Waals surface area contributed by atoms with E-state index in [2.05, 4.69) is 9.97 Å². The number of rotatable bonds is 3. The lowest BCUT2D eigenvalue weighted by Crippen LogP contribution is -2.39. The van der Waals surface area contributed by atoms with Crippen molar-refractivity contribution in [1.82, 2.24) is 14.3 Å². The number of sulfone groups is 1. The van der Waals surface area contributed by atoms with E-state index in [1.807, 2.05) is 0 Å². The fourth-order valence-corrected chi connectivity index (χ4v) is 5.47. The number of aromatic nitrogens is 2. The smallest absolute Gasteiger partial charge is 0.260 e. The summed E-state index contributed by atoms with van der Waals surface area (Å²) in [7, 11) is -7.05. The Balaban J connectivity index is 2.23. The molecule has 2 heterocycles. The summed E-state index contributed by atoms with van der Waals surface area (Å²) in [4.78, 5) is 6.24. The second kappa shape index (κ2) is 4.81. The highest BCUT2D eigenvalue weighted by Crippen LogP contribution is 2.29. The number of sulfonamides is 1. The zero-order valence-corrected chi connectivity index (χ0v) is 13.3. The highest BCUT2D eigenvalue weighted by Gasteiger charge is 2.44. The van der Waals surface area contributed by atoms with Gasteiger partial charge >= 0.3 is 0 Å². The molecule has 1 unspecified atom stereocenters. The van der Waals surface area contributed by atoms with Crippen LogP contribution in [-0.4, -0.2) is 54.2 Å². The fourth-order valence-electron chi connectivity index (χ4n) is 2.19. The molecule has 1 atom stereocenters. The predicted molar refractivity (Wildman–Crippen MR) is 74.4 cm³/mol. The maximum Gasteiger partial charge on any atom is 0.260 e. The number of H-pyrrole nitrogens is 1. The van der Waals surface area contributed by atoms with E-state index in [1.54, 1.807) is 20.8 Å². The molecule has 0 amide bonds. The van der Waals surface area contributed by atoms with Crippen molar-refractivity contribution in [3.63, 3.8) is 0 Å². The molecule has 7 nitrogen and oxygen atoms in total. The number of imidazole rings is 1. The molecule has 1 N–H and O–H groups in total. The maximum absolute atomic E-state index is 12.4. The lowest BCUT2D eigenvalue weighted by Gasteiger charge is -2.24. The van der Waals surface area contributed by atoms with Gasteiger partial charge in [-0.3, -0.25) is 0 Å². The Morgan fingerprint density at radius 1 is 1.30 bits per heavy atom. The molecule has 114 valence electrons. The van der Waals surface area contributed by atoms with Crippen LogP contribution in [0.2, 0.25) is 0 Å². The van der Waals surface area contributed by atoms with Gasteiger partial charge in [0.2, 0.25) is 0 Å². The van der Waals surface area contributed by atoms with Crippen molar-refractivity contribution in [1.29, 1.82) is 0 Å². The minimum atomic E-state index is -3.68. The zero-order valence-electron chi connectivity index (χ0n) is 11.7. The van der Waals surface area contributed by atoms with E-state index in [0.717, 1.165) is 0 Å². The summed E-state index contributed by atoms with van der Waals surface area (Å²) in [6.07, 6.45) is 2.83. The normalized spacial score (nSPS) is 22.2. The third kappa shape index (κ3) is 2.49. The summed E-state index contributed by atoms with van der Waals surface area (Å²) in [5.74, 6) is 0. The molecule has 1 fully saturated rings. The Morgan fingerprint density at radius 3 is 2.45 bits per heavy atom. The van der Waals surface area contributed by atoms with Crippen LogP contribution in [0.1, 0.15) is 27.2 Å². The number of nitrogens with zero attached hydrogens (tertiary/aromatic N) is 2. The van der Waals surface area contributed by atoms with Crippen LogP contribution in [0.25, 0.3) is 0 Å². The third-order valence-electron chi connectivity index (χ3n) is 3.49. The number of aromatic amines is 1. The van der Waals surface area contributed by atoms with Crippen LogP contribution in [0.15, 0.2) is 17.6 Å². The Kier molecular flexibility index (Phi) is 3.72. The Morgan fingerprint density at radius 2 is 1.95 bits per heavy atom. The van der Waals surface area contributed by atoms with Gasteiger partial charge in [-0.2, -0.15) is 4.31 Å². The van der Waals surface area contributed by atoms with Gasteiger partial charge in [-0.05, 0) is 27.2 Å². The quantitative estimate of drug-likeness (QED) is 0.868. The molecule has 0 radical (unpaired) electrons. The third-order valence-corrected chi connectivity index (χ3v) is 8.25. The topological polar surface area (TPSA) is 100 Å². The summed E-state index contributed by atoms with van der Waals surface area (Å²) in [6, 6.07) is 0. The summed E-state index contributed by atoms with van der Waals surface area (Å²) in [5, 5.41) is -0.661. The summed E-state index contributed by atoms with van der Waals surface area (Å²) in [6.45, 7) is 5.11. The van der Waals surface area contributed by atoms with Gasteiger partial charge in [0.1, 0.15) is 0 Å². The maximum atomic E-state index is 12.4. The molecule has 1 saturated heterocycles. The largest absolute Gasteiger partial charge is 0.335 e. The van der Waals surface area contributed by atoms with Crippen LogP contribution in [0, 0.1) is 0 Å². The zero-order chi connectivity index (χ0) is 15.2. The SMILES string of the molecule is CC(C)(C)S(=O)(=O)C1CCN(S(=O)(=O)c2cnc[nH]2)C1. The van der Waals surface area contributed by atoms with Crippen LogP contribution < -0.4 is 0 Å². The monoisotopic (exact) mass is 321 g/mol. The Bertz CT molecular complexity index is 672. The number of hydrogen-bond acceptors (Lipinski definition) is 5. The average Bonchev–Trinajstić information content (AvgIpc) is 3.00. The highest BCUT2D eigenvalue weighted by atomic mass is 32.2. The van der Waals surface area contributed by atoms with Gasteiger partial charge in [-0.1, -0.05) is 0 Å². The van der Waals surface area contributed by atoms with Crippen molar-refractivity contribution < 1.29 is 16.8 Å². The van der Waals surface area contributed by atoms with Crippen molar-refractivity contribution in [2.45, 2.75) is 42.2 Å². The van der Waals surface area contributed by atoms with Crippen molar-refractivity contribution in [3.05, 3.63) is 12.5 Å². The van der Waals surface area contributed by atoms with Gasteiger partial charge < -0.3 is 4.98 Å². The molecular formula is C11H19N3O4S2. The van der Waals surface area contributed by atoms with Gasteiger partial charge in [0, 0.05) is 13.1 Å². The lowest BCUT2D eigenvalue weighted by atomic mass is 10.3. The van der Waals surface area contributed by atoms with E-state index in [9.17, 15) is 16.8 Å². The van der Waals surface area contributed by atoms with Crippen LogP contribution in [0.4, 0.5) is 0 Å². The van der Waals surface area contributed by atoms with E-state index < -0.39 is 29.9 Å². The Labute approximate surface area is 119 Å². The molecule has 1 aromatic heterocycles. The number of hydrogen-bond donors (Lipinski definition) is 1. The van der Waals surface area contributed by atoms with E-state index in [0.29, 0.717) is 6.42 Å². The molecule has 1 aliphatic rings. The second-order valence-electron chi connectivity index (χ2n) is 5.85. The highest BCUT2D eigenvalue weighted by molar-refractivity contribution is 7.93. The van der Waals surface area contributed by atoms with Crippen molar-refractivity contribution >= 4 is 19.9 Å². The first-order valence-electron chi connectivity index (χ1n) is 6.29. The Hall–Kier alpha value is -0.930. The first-order valence-corrected chi connectivity index (χ1v) is 9.27. The molecule has 0 aliphatic carbocycles. The van der Waals surface area contributed by atoms with E-state index >= 15 is 0 Å². The van der Waals surface area contributed by atoms with Gasteiger partial charge in [-0.15, -0.1) is 0 Å². The average molecular weight is 321 g/mol. The summed E-state index contributed by atoms with van der Waals surface area (Å²) < 4.78 is 49.6. The lowest BCUT2D eigenvalue weighted by molar-refractivity contribution is 0.473. The molecule has 0 aromatic carbocycles. The molecule has 1 aromatic rings. The standard InChI is InChI=1S/C11H19N3O4S2/c1-11(2,3)19(15,16)9-4-5-14(7-9)20(17,18)10-6-12-8-13-10/h6,8-9H,4-5,7H2,1-3H3,(H,12,13). The summed E-state index contributed by atoms with van der Waals surface area (Å²) in [5.41, 5.74) is 0. The van der Waals surface area contributed by atoms with Crippen LogP contribution in [0.5, 0.6) is 0 Å². The van der Waals surface area contributed by atoms with Gasteiger partial charge in [0.05, 0.1) is 22.5 Å². The fraction of sp³-hybridized carbons (Fsp3) is 0.727. The van der Waals surface area contributed by atoms with Crippen molar-refractivity contribution in [2.24, 2.45) is 0 Å². The van der Waals surface area contributed by atoms with Crippen LogP contribution >= 0.6 is 0 Å². The van der Waals surface area contributed by atoms with E-state index in [1.165, 1.54) is 16.8 Å². The first-order chi connectivity index (χ1) is 9.07. The summed E-state index contributed by atoms with van der Waals surface area (Å²) >= 11 is 0. The first kappa shape index (κ1) is 15.5. The molecule has 0 spiro atoms. The molecule has 2 rings (SSSR count). The minimum Gasteiger partial charge on any atom is -0.335 e. The molecule has 9 heteroatoms. The molecule has 0 saturated carbocycles. The van der Waals surface area contributed by atoms with Gasteiger partial charge in [0.25, 0.3) is 10.0 Å². The molecular weight excluding hydrogens is 302 g/mol. The predicted octanol–water partition coefficient (Wildman–Crippen LogP) is 0.386. The van der Waals surface area contributed by atoms with Crippen LogP contribution in [-0.2, 0) is 19.9 Å². The molecule has 20 heavy (non-hydrogen) atoms. The second-order valence-corrected chi connectivity index (χ2v) is 10.7.